The Bertz CT molecular complexity index is 271. The van der Waals surface area contributed by atoms with Crippen LogP contribution in [0.15, 0.2) is 24.3 Å². The maximum atomic E-state index is 12.2. The van der Waals surface area contributed by atoms with Gasteiger partial charge in [-0.05, 0) is 17.0 Å². The number of hydrogen-bond donors (Lipinski definition) is 1. The Hall–Kier alpha value is -0.890. The molecule has 0 aliphatic carbocycles. The third kappa shape index (κ3) is 2.52. The molecule has 1 rings (SSSR count). The van der Waals surface area contributed by atoms with Gasteiger partial charge in [0.25, 0.3) is 0 Å². The lowest BCUT2D eigenvalue weighted by Crippen LogP contribution is -2.00. The number of halogens is 1. The molecule has 1 atom stereocenters. The zero-order valence-electron chi connectivity index (χ0n) is 8.00. The van der Waals surface area contributed by atoms with E-state index in [1.807, 2.05) is 18.2 Å². The van der Waals surface area contributed by atoms with E-state index < -0.39 is 12.8 Å². The first-order valence-electron chi connectivity index (χ1n) is 4.49. The van der Waals surface area contributed by atoms with Crippen molar-refractivity contribution in [3.63, 3.8) is 0 Å². The van der Waals surface area contributed by atoms with Crippen molar-refractivity contribution < 1.29 is 9.50 Å². The first kappa shape index (κ1) is 10.2. The summed E-state index contributed by atoms with van der Waals surface area (Å²) in [5, 5.41) is 9.26. The summed E-state index contributed by atoms with van der Waals surface area (Å²) in [6.45, 7) is 3.42. The zero-order chi connectivity index (χ0) is 9.84. The maximum Gasteiger partial charge on any atom is 0.119 e. The number of aliphatic hydroxyl groups excluding tert-OH is 1. The molecule has 1 N–H and O–H groups in total. The van der Waals surface area contributed by atoms with Gasteiger partial charge in [0.15, 0.2) is 0 Å². The predicted molar refractivity (Wildman–Crippen MR) is 51.5 cm³/mol. The highest BCUT2D eigenvalue weighted by Crippen LogP contribution is 2.20. The van der Waals surface area contributed by atoms with Crippen molar-refractivity contribution in [3.05, 3.63) is 35.4 Å². The normalized spacial score (nSPS) is 13.3. The molecular formula is C11H15FO. The van der Waals surface area contributed by atoms with Gasteiger partial charge in [-0.2, -0.15) is 0 Å². The standard InChI is InChI=1S/C11H15FO/c1-8(2)9-4-3-5-10(6-9)11(13)7-12/h3-6,8,11,13H,7H2,1-2H3. The van der Waals surface area contributed by atoms with Gasteiger partial charge < -0.3 is 5.11 Å². The second kappa shape index (κ2) is 4.38. The molecule has 0 aromatic heterocycles. The first-order chi connectivity index (χ1) is 6.15. The van der Waals surface area contributed by atoms with E-state index in [2.05, 4.69) is 13.8 Å². The molecular weight excluding hydrogens is 167 g/mol. The smallest absolute Gasteiger partial charge is 0.119 e. The molecule has 0 bridgehead atoms. The van der Waals surface area contributed by atoms with Gasteiger partial charge in [-0.25, -0.2) is 4.39 Å². The van der Waals surface area contributed by atoms with Crippen LogP contribution in [0.4, 0.5) is 4.39 Å². The molecule has 0 spiro atoms. The van der Waals surface area contributed by atoms with Crippen LogP contribution in [0.5, 0.6) is 0 Å². The van der Waals surface area contributed by atoms with Crippen LogP contribution in [0.25, 0.3) is 0 Å². The van der Waals surface area contributed by atoms with Crippen LogP contribution in [0, 0.1) is 0 Å². The van der Waals surface area contributed by atoms with E-state index in [4.69, 9.17) is 0 Å². The molecule has 0 aliphatic heterocycles. The highest BCUT2D eigenvalue weighted by atomic mass is 19.1. The van der Waals surface area contributed by atoms with Crippen LogP contribution in [0.1, 0.15) is 37.0 Å². The van der Waals surface area contributed by atoms with Gasteiger partial charge in [0.05, 0.1) is 0 Å². The molecule has 1 unspecified atom stereocenters. The summed E-state index contributed by atoms with van der Waals surface area (Å²) < 4.78 is 12.2. The summed E-state index contributed by atoms with van der Waals surface area (Å²) in [5.41, 5.74) is 1.79. The largest absolute Gasteiger partial charge is 0.386 e. The molecule has 13 heavy (non-hydrogen) atoms. The fraction of sp³-hybridized carbons (Fsp3) is 0.455. The van der Waals surface area contributed by atoms with Crippen molar-refractivity contribution in [2.75, 3.05) is 6.67 Å². The van der Waals surface area contributed by atoms with E-state index >= 15 is 0 Å². The van der Waals surface area contributed by atoms with Crippen LogP contribution in [-0.4, -0.2) is 11.8 Å². The second-order valence-corrected chi connectivity index (χ2v) is 3.49. The van der Waals surface area contributed by atoms with Crippen LogP contribution < -0.4 is 0 Å². The summed E-state index contributed by atoms with van der Waals surface area (Å²) in [4.78, 5) is 0. The minimum absolute atomic E-state index is 0.409. The Kier molecular flexibility index (Phi) is 3.43. The fourth-order valence-corrected chi connectivity index (χ4v) is 1.21. The van der Waals surface area contributed by atoms with E-state index in [9.17, 15) is 9.50 Å². The maximum absolute atomic E-state index is 12.2. The second-order valence-electron chi connectivity index (χ2n) is 3.49. The highest BCUT2D eigenvalue weighted by molar-refractivity contribution is 5.27. The summed E-state index contributed by atoms with van der Waals surface area (Å²) in [7, 11) is 0. The molecule has 1 aromatic rings. The van der Waals surface area contributed by atoms with Gasteiger partial charge in [0.1, 0.15) is 12.8 Å². The summed E-state index contributed by atoms with van der Waals surface area (Å²) >= 11 is 0. The topological polar surface area (TPSA) is 20.2 Å². The van der Waals surface area contributed by atoms with E-state index in [1.54, 1.807) is 6.07 Å². The molecule has 0 radical (unpaired) electrons. The van der Waals surface area contributed by atoms with Gasteiger partial charge in [0.2, 0.25) is 0 Å². The molecule has 0 saturated heterocycles. The molecule has 72 valence electrons. The number of benzene rings is 1. The Morgan fingerprint density at radius 2 is 1.92 bits per heavy atom. The lowest BCUT2D eigenvalue weighted by Gasteiger charge is -2.10. The van der Waals surface area contributed by atoms with Crippen molar-refractivity contribution >= 4 is 0 Å². The first-order valence-corrected chi connectivity index (χ1v) is 4.49. The van der Waals surface area contributed by atoms with Crippen LogP contribution in [0.3, 0.4) is 0 Å². The molecule has 1 nitrogen and oxygen atoms in total. The molecule has 0 saturated carbocycles. The lowest BCUT2D eigenvalue weighted by molar-refractivity contribution is 0.141. The minimum Gasteiger partial charge on any atom is -0.386 e. The van der Waals surface area contributed by atoms with Gasteiger partial charge in [-0.15, -0.1) is 0 Å². The summed E-state index contributed by atoms with van der Waals surface area (Å²) in [5.74, 6) is 0.409. The quantitative estimate of drug-likeness (QED) is 0.762. The number of rotatable bonds is 3. The Morgan fingerprint density at radius 1 is 1.31 bits per heavy atom. The zero-order valence-corrected chi connectivity index (χ0v) is 8.00. The fourth-order valence-electron chi connectivity index (χ4n) is 1.21. The molecule has 0 fully saturated rings. The number of hydrogen-bond acceptors (Lipinski definition) is 1. The molecule has 0 amide bonds. The Balaban J connectivity index is 2.91. The number of alkyl halides is 1. The van der Waals surface area contributed by atoms with Gasteiger partial charge in [0, 0.05) is 0 Å². The highest BCUT2D eigenvalue weighted by Gasteiger charge is 2.07. The van der Waals surface area contributed by atoms with Gasteiger partial charge >= 0.3 is 0 Å². The average molecular weight is 182 g/mol. The van der Waals surface area contributed by atoms with Crippen molar-refractivity contribution in [2.45, 2.75) is 25.9 Å². The summed E-state index contributed by atoms with van der Waals surface area (Å²) in [6, 6.07) is 7.44. The monoisotopic (exact) mass is 182 g/mol. The molecule has 2 heteroatoms. The van der Waals surface area contributed by atoms with Crippen LogP contribution in [0.2, 0.25) is 0 Å². The third-order valence-electron chi connectivity index (χ3n) is 2.11. The third-order valence-corrected chi connectivity index (χ3v) is 2.11. The molecule has 1 aromatic carbocycles. The van der Waals surface area contributed by atoms with E-state index in [-0.39, 0.29) is 0 Å². The van der Waals surface area contributed by atoms with Gasteiger partial charge in [-0.3, -0.25) is 0 Å². The predicted octanol–water partition coefficient (Wildman–Crippen LogP) is 2.81. The SMILES string of the molecule is CC(C)c1cccc(C(O)CF)c1. The lowest BCUT2D eigenvalue weighted by atomic mass is 9.99. The van der Waals surface area contributed by atoms with Crippen molar-refractivity contribution in [3.8, 4) is 0 Å². The van der Waals surface area contributed by atoms with Crippen LogP contribution in [-0.2, 0) is 0 Å². The van der Waals surface area contributed by atoms with Crippen molar-refractivity contribution in [1.82, 2.24) is 0 Å². The average Bonchev–Trinajstić information content (AvgIpc) is 2.17. The molecule has 0 heterocycles. The van der Waals surface area contributed by atoms with E-state index in [0.717, 1.165) is 5.56 Å². The van der Waals surface area contributed by atoms with Gasteiger partial charge in [-0.1, -0.05) is 38.1 Å². The van der Waals surface area contributed by atoms with Crippen molar-refractivity contribution in [1.29, 1.82) is 0 Å². The Morgan fingerprint density at radius 3 is 2.46 bits per heavy atom. The van der Waals surface area contributed by atoms with E-state index in [0.29, 0.717) is 11.5 Å². The van der Waals surface area contributed by atoms with E-state index in [1.165, 1.54) is 0 Å². The minimum atomic E-state index is -0.973. The molecule has 0 aliphatic rings. The Labute approximate surface area is 78.2 Å². The van der Waals surface area contributed by atoms with Crippen molar-refractivity contribution in [2.24, 2.45) is 0 Å². The summed E-state index contributed by atoms with van der Waals surface area (Å²) in [6.07, 6.45) is -0.973. The number of aliphatic hydroxyl groups is 1. The van der Waals surface area contributed by atoms with Crippen LogP contribution >= 0.6 is 0 Å².